The van der Waals surface area contributed by atoms with Crippen molar-refractivity contribution in [3.05, 3.63) is 23.8 Å². The Balaban J connectivity index is 2.04. The van der Waals surface area contributed by atoms with Crippen LogP contribution in [0.3, 0.4) is 0 Å². The van der Waals surface area contributed by atoms with E-state index in [0.717, 1.165) is 30.9 Å². The van der Waals surface area contributed by atoms with Gasteiger partial charge in [0.1, 0.15) is 18.5 Å². The van der Waals surface area contributed by atoms with Gasteiger partial charge in [0.15, 0.2) is 0 Å². The van der Waals surface area contributed by atoms with Crippen molar-refractivity contribution >= 4 is 5.69 Å². The van der Waals surface area contributed by atoms with E-state index in [1.54, 1.807) is 0 Å². The first-order valence-electron chi connectivity index (χ1n) is 5.42. The summed E-state index contributed by atoms with van der Waals surface area (Å²) in [6, 6.07) is 5.82. The second kappa shape index (κ2) is 4.53. The number of anilines is 1. The van der Waals surface area contributed by atoms with Crippen LogP contribution in [0.2, 0.25) is 0 Å². The number of hydrogen-bond acceptors (Lipinski definition) is 3. The first-order valence-corrected chi connectivity index (χ1v) is 5.42. The zero-order chi connectivity index (χ0) is 10.7. The van der Waals surface area contributed by atoms with E-state index in [0.29, 0.717) is 12.7 Å². The van der Waals surface area contributed by atoms with Gasteiger partial charge in [-0.2, -0.15) is 0 Å². The van der Waals surface area contributed by atoms with Crippen LogP contribution in [0.25, 0.3) is 0 Å². The van der Waals surface area contributed by atoms with Gasteiger partial charge in [0.25, 0.3) is 0 Å². The van der Waals surface area contributed by atoms with Gasteiger partial charge in [-0.1, -0.05) is 13.3 Å². The van der Waals surface area contributed by atoms with Crippen LogP contribution < -0.4 is 10.5 Å². The minimum absolute atomic E-state index is 0.303. The molecule has 1 heterocycles. The van der Waals surface area contributed by atoms with Crippen molar-refractivity contribution in [1.29, 1.82) is 0 Å². The number of aryl methyl sites for hydroxylation is 1. The lowest BCUT2D eigenvalue weighted by Gasteiger charge is -2.10. The number of rotatable bonds is 5. The smallest absolute Gasteiger partial charge is 0.122 e. The summed E-state index contributed by atoms with van der Waals surface area (Å²) in [5.74, 6) is 0.946. The van der Waals surface area contributed by atoms with Crippen molar-refractivity contribution in [3.63, 3.8) is 0 Å². The van der Waals surface area contributed by atoms with Crippen LogP contribution in [0.1, 0.15) is 18.9 Å². The molecule has 3 heteroatoms. The van der Waals surface area contributed by atoms with E-state index in [2.05, 4.69) is 6.92 Å². The predicted molar refractivity (Wildman–Crippen MR) is 60.1 cm³/mol. The molecule has 1 aliphatic rings. The molecule has 1 aliphatic heterocycles. The van der Waals surface area contributed by atoms with Crippen LogP contribution >= 0.6 is 0 Å². The molecule has 0 amide bonds. The molecule has 2 N–H and O–H groups in total. The van der Waals surface area contributed by atoms with E-state index in [9.17, 15) is 0 Å². The number of hydrogen-bond donors (Lipinski definition) is 1. The fourth-order valence-electron chi connectivity index (χ4n) is 1.55. The lowest BCUT2D eigenvalue weighted by molar-refractivity contribution is 0.261. The zero-order valence-corrected chi connectivity index (χ0v) is 9.03. The first-order chi connectivity index (χ1) is 7.29. The third kappa shape index (κ3) is 2.86. The zero-order valence-electron chi connectivity index (χ0n) is 9.03. The van der Waals surface area contributed by atoms with Gasteiger partial charge in [0.2, 0.25) is 0 Å². The number of nitrogens with two attached hydrogens (primary N) is 1. The number of ether oxygens (including phenoxy) is 2. The first kappa shape index (κ1) is 10.3. The van der Waals surface area contributed by atoms with Crippen molar-refractivity contribution in [2.24, 2.45) is 0 Å². The highest BCUT2D eigenvalue weighted by molar-refractivity contribution is 5.47. The molecule has 0 radical (unpaired) electrons. The highest BCUT2D eigenvalue weighted by Crippen LogP contribution is 2.24. The number of epoxide rings is 1. The summed E-state index contributed by atoms with van der Waals surface area (Å²) >= 11 is 0. The average molecular weight is 207 g/mol. The Labute approximate surface area is 90.2 Å². The molecule has 1 unspecified atom stereocenters. The van der Waals surface area contributed by atoms with Crippen LogP contribution in [0.5, 0.6) is 5.75 Å². The second-order valence-corrected chi connectivity index (χ2v) is 3.88. The lowest BCUT2D eigenvalue weighted by Crippen LogP contribution is -2.06. The van der Waals surface area contributed by atoms with E-state index in [-0.39, 0.29) is 0 Å². The normalized spacial score (nSPS) is 18.9. The van der Waals surface area contributed by atoms with Crippen molar-refractivity contribution in [2.45, 2.75) is 25.9 Å². The Kier molecular flexibility index (Phi) is 3.11. The summed E-state index contributed by atoms with van der Waals surface area (Å²) in [6.45, 7) is 3.63. The van der Waals surface area contributed by atoms with Crippen molar-refractivity contribution < 1.29 is 9.47 Å². The standard InChI is InChI=1S/C12H17NO2/c1-2-3-9-6-10(13)4-5-12(9)15-8-11-7-14-11/h4-6,11H,2-3,7-8,13H2,1H3. The van der Waals surface area contributed by atoms with Crippen molar-refractivity contribution in [3.8, 4) is 5.75 Å². The molecule has 0 saturated carbocycles. The molecule has 0 spiro atoms. The molecule has 0 bridgehead atoms. The summed E-state index contributed by atoms with van der Waals surface area (Å²) in [6.07, 6.45) is 2.41. The third-order valence-electron chi connectivity index (χ3n) is 2.43. The Morgan fingerprint density at radius 3 is 3.00 bits per heavy atom. The SMILES string of the molecule is CCCc1cc(N)ccc1OCC1CO1. The maximum atomic E-state index is 5.75. The summed E-state index contributed by atoms with van der Waals surface area (Å²) < 4.78 is 10.8. The molecular weight excluding hydrogens is 190 g/mol. The van der Waals surface area contributed by atoms with Crippen LogP contribution in [-0.4, -0.2) is 19.3 Å². The average Bonchev–Trinajstić information content (AvgIpc) is 3.01. The van der Waals surface area contributed by atoms with Crippen molar-refractivity contribution in [2.75, 3.05) is 18.9 Å². The maximum absolute atomic E-state index is 5.75. The van der Waals surface area contributed by atoms with Crippen LogP contribution in [0.15, 0.2) is 18.2 Å². The molecule has 0 aliphatic carbocycles. The van der Waals surface area contributed by atoms with Gasteiger partial charge in [0, 0.05) is 5.69 Å². The molecular formula is C12H17NO2. The second-order valence-electron chi connectivity index (χ2n) is 3.88. The van der Waals surface area contributed by atoms with Gasteiger partial charge < -0.3 is 15.2 Å². The number of benzene rings is 1. The maximum Gasteiger partial charge on any atom is 0.122 e. The van der Waals surface area contributed by atoms with Gasteiger partial charge in [0.05, 0.1) is 6.61 Å². The number of nitrogen functional groups attached to an aromatic ring is 1. The Hall–Kier alpha value is -1.22. The minimum Gasteiger partial charge on any atom is -0.491 e. The van der Waals surface area contributed by atoms with Gasteiger partial charge in [-0.25, -0.2) is 0 Å². The van der Waals surface area contributed by atoms with Crippen LogP contribution in [0, 0.1) is 0 Å². The fraction of sp³-hybridized carbons (Fsp3) is 0.500. The quantitative estimate of drug-likeness (QED) is 0.593. The summed E-state index contributed by atoms with van der Waals surface area (Å²) in [7, 11) is 0. The summed E-state index contributed by atoms with van der Waals surface area (Å²) in [4.78, 5) is 0. The summed E-state index contributed by atoms with van der Waals surface area (Å²) in [5, 5.41) is 0. The van der Waals surface area contributed by atoms with Gasteiger partial charge >= 0.3 is 0 Å². The Morgan fingerprint density at radius 1 is 1.53 bits per heavy atom. The molecule has 1 aromatic rings. The minimum atomic E-state index is 0.303. The Morgan fingerprint density at radius 2 is 2.33 bits per heavy atom. The predicted octanol–water partition coefficient (Wildman–Crippen LogP) is 2.00. The molecule has 15 heavy (non-hydrogen) atoms. The van der Waals surface area contributed by atoms with Gasteiger partial charge in [-0.3, -0.25) is 0 Å². The molecule has 1 atom stereocenters. The van der Waals surface area contributed by atoms with E-state index in [1.165, 1.54) is 5.56 Å². The molecule has 2 rings (SSSR count). The van der Waals surface area contributed by atoms with Gasteiger partial charge in [-0.15, -0.1) is 0 Å². The topological polar surface area (TPSA) is 47.8 Å². The lowest BCUT2D eigenvalue weighted by atomic mass is 10.1. The molecule has 1 fully saturated rings. The highest BCUT2D eigenvalue weighted by atomic mass is 16.6. The van der Waals surface area contributed by atoms with Crippen molar-refractivity contribution in [1.82, 2.24) is 0 Å². The fourth-order valence-corrected chi connectivity index (χ4v) is 1.55. The third-order valence-corrected chi connectivity index (χ3v) is 2.43. The van der Waals surface area contributed by atoms with E-state index in [4.69, 9.17) is 15.2 Å². The van der Waals surface area contributed by atoms with Gasteiger partial charge in [-0.05, 0) is 30.2 Å². The molecule has 82 valence electrons. The Bertz CT molecular complexity index is 334. The molecule has 0 aromatic heterocycles. The van der Waals surface area contributed by atoms with Crippen LogP contribution in [0.4, 0.5) is 5.69 Å². The van der Waals surface area contributed by atoms with Crippen LogP contribution in [-0.2, 0) is 11.2 Å². The largest absolute Gasteiger partial charge is 0.491 e. The molecule has 1 aromatic carbocycles. The van der Waals surface area contributed by atoms with E-state index in [1.807, 2.05) is 18.2 Å². The molecule has 1 saturated heterocycles. The van der Waals surface area contributed by atoms with E-state index >= 15 is 0 Å². The highest BCUT2D eigenvalue weighted by Gasteiger charge is 2.23. The molecule has 3 nitrogen and oxygen atoms in total. The summed E-state index contributed by atoms with van der Waals surface area (Å²) in [5.41, 5.74) is 7.74. The van der Waals surface area contributed by atoms with E-state index < -0.39 is 0 Å². The monoisotopic (exact) mass is 207 g/mol.